The lowest BCUT2D eigenvalue weighted by molar-refractivity contribution is -0.180. The summed E-state index contributed by atoms with van der Waals surface area (Å²) < 4.78 is 29.9. The first-order valence-electron chi connectivity index (χ1n) is 14.9. The first-order chi connectivity index (χ1) is 20.4. The fourth-order valence-corrected chi connectivity index (χ4v) is 7.67. The second-order valence-electron chi connectivity index (χ2n) is 12.3. The van der Waals surface area contributed by atoms with Crippen molar-refractivity contribution >= 4 is 23.8 Å². The van der Waals surface area contributed by atoms with Gasteiger partial charge in [0.15, 0.2) is 6.10 Å². The van der Waals surface area contributed by atoms with E-state index in [1.165, 1.54) is 14.2 Å². The third kappa shape index (κ3) is 5.25. The van der Waals surface area contributed by atoms with E-state index in [2.05, 4.69) is 5.32 Å². The van der Waals surface area contributed by atoms with Crippen LogP contribution in [0, 0.1) is 29.6 Å². The third-order valence-electron chi connectivity index (χ3n) is 9.85. The SMILES string of the molecule is CNC(=O)C(=O)O[C@H](C)[C@H]1OC(=O)[C@@H](OC)C[C@H]2C=CC3C4C(O)[C@@H](C)[C@@H](OC(=O)C5=CC=CC5)[C@@H]3O[C@]42/C(C)=C/[C@H]1C. The largest absolute Gasteiger partial charge is 0.456 e. The summed E-state index contributed by atoms with van der Waals surface area (Å²) in [6, 6.07) is 0. The first-order valence-corrected chi connectivity index (χ1v) is 14.9. The number of carbonyl (C=O) groups is 4. The maximum atomic E-state index is 13.4. The van der Waals surface area contributed by atoms with Crippen LogP contribution in [0.15, 0.2) is 47.6 Å². The summed E-state index contributed by atoms with van der Waals surface area (Å²) in [7, 11) is 2.74. The highest BCUT2D eigenvalue weighted by atomic mass is 16.6. The van der Waals surface area contributed by atoms with E-state index in [-0.39, 0.29) is 24.2 Å². The number of aliphatic hydroxyl groups is 1. The highest BCUT2D eigenvalue weighted by Gasteiger charge is 2.69. The van der Waals surface area contributed by atoms with Gasteiger partial charge in [0.1, 0.15) is 30.0 Å². The normalized spacial score (nSPS) is 41.6. The van der Waals surface area contributed by atoms with Crippen LogP contribution in [0.1, 0.15) is 40.5 Å². The van der Waals surface area contributed by atoms with E-state index in [1.807, 2.05) is 51.2 Å². The van der Waals surface area contributed by atoms with Gasteiger partial charge in [0.2, 0.25) is 0 Å². The number of cyclic esters (lactones) is 1. The number of hydrogen-bond donors (Lipinski definition) is 2. The van der Waals surface area contributed by atoms with Gasteiger partial charge in [-0.3, -0.25) is 4.79 Å². The second-order valence-corrected chi connectivity index (χ2v) is 12.3. The van der Waals surface area contributed by atoms with Crippen LogP contribution < -0.4 is 5.32 Å². The van der Waals surface area contributed by atoms with Gasteiger partial charge in [0.05, 0.1) is 6.10 Å². The minimum absolute atomic E-state index is 0.199. The van der Waals surface area contributed by atoms with Gasteiger partial charge in [-0.05, 0) is 32.3 Å². The minimum Gasteiger partial charge on any atom is -0.456 e. The average molecular weight is 600 g/mol. The summed E-state index contributed by atoms with van der Waals surface area (Å²) >= 11 is 0. The summed E-state index contributed by atoms with van der Waals surface area (Å²) in [4.78, 5) is 50.5. The van der Waals surface area contributed by atoms with Crippen molar-refractivity contribution < 1.29 is 48.0 Å². The Bertz CT molecular complexity index is 1280. The molecule has 4 bridgehead atoms. The molecule has 12 atom stereocenters. The van der Waals surface area contributed by atoms with Gasteiger partial charge >= 0.3 is 23.8 Å². The summed E-state index contributed by atoms with van der Waals surface area (Å²) in [6.07, 6.45) is 7.13. The molecular weight excluding hydrogens is 558 g/mol. The van der Waals surface area contributed by atoms with E-state index in [1.54, 1.807) is 13.0 Å². The molecule has 0 radical (unpaired) electrons. The van der Waals surface area contributed by atoms with Crippen LogP contribution in [0.2, 0.25) is 0 Å². The molecule has 1 spiro atoms. The molecule has 234 valence electrons. The molecule has 2 N–H and O–H groups in total. The molecule has 11 nitrogen and oxygen atoms in total. The summed E-state index contributed by atoms with van der Waals surface area (Å²) in [6.45, 7) is 7.19. The lowest BCUT2D eigenvalue weighted by Crippen LogP contribution is -2.57. The molecule has 5 rings (SSSR count). The van der Waals surface area contributed by atoms with Gasteiger partial charge in [-0.1, -0.05) is 50.3 Å². The quantitative estimate of drug-likeness (QED) is 0.208. The Morgan fingerprint density at radius 2 is 1.95 bits per heavy atom. The Balaban J connectivity index is 1.52. The number of hydrogen-bond acceptors (Lipinski definition) is 10. The molecule has 1 saturated carbocycles. The minimum atomic E-state index is -1.09. The van der Waals surface area contributed by atoms with Crippen LogP contribution >= 0.6 is 0 Å². The van der Waals surface area contributed by atoms with Crippen LogP contribution in [-0.2, 0) is 42.9 Å². The predicted octanol–water partition coefficient (Wildman–Crippen LogP) is 1.94. The number of carbonyl (C=O) groups excluding carboxylic acids is 4. The molecule has 1 amide bonds. The Labute approximate surface area is 251 Å². The smallest absolute Gasteiger partial charge is 0.397 e. The topological polar surface area (TPSA) is 147 Å². The molecule has 1 saturated heterocycles. The maximum absolute atomic E-state index is 13.4. The molecule has 2 heterocycles. The fourth-order valence-electron chi connectivity index (χ4n) is 7.67. The molecule has 3 aliphatic carbocycles. The zero-order valence-corrected chi connectivity index (χ0v) is 25.4. The Morgan fingerprint density at radius 3 is 2.60 bits per heavy atom. The highest BCUT2D eigenvalue weighted by Crippen LogP contribution is 2.61. The third-order valence-corrected chi connectivity index (χ3v) is 9.85. The highest BCUT2D eigenvalue weighted by molar-refractivity contribution is 6.32. The monoisotopic (exact) mass is 599 g/mol. The zero-order chi connectivity index (χ0) is 31.2. The number of ether oxygens (including phenoxy) is 5. The van der Waals surface area contributed by atoms with Gasteiger partial charge in [-0.2, -0.15) is 0 Å². The zero-order valence-electron chi connectivity index (χ0n) is 25.4. The number of rotatable bonds is 5. The standard InChI is InChI=1S/C32H41NO10/c1-15-13-16(2)32-20(14-22(39-6)30(37)41-25(15)18(4)40-31(38)28(35)33-5)11-12-21-23(32)24(34)17(3)26(27(21)43-32)42-29(36)19-9-7-8-10-19/h7-9,11-13,15,17-18,20-27,34H,10,14H2,1-6H3,(H,33,35)/b16-13+/t15-,17-,18-,20-,21?,22+,23?,24?,25+,26-,27-,32+/m1/s1. The predicted molar refractivity (Wildman–Crippen MR) is 152 cm³/mol. The molecule has 0 aromatic rings. The van der Waals surface area contributed by atoms with Crippen molar-refractivity contribution in [2.45, 2.75) is 82.8 Å². The van der Waals surface area contributed by atoms with E-state index < -0.39 is 77.9 Å². The molecule has 43 heavy (non-hydrogen) atoms. The number of amides is 1. The fraction of sp³-hybridized carbons (Fsp3) is 0.625. The van der Waals surface area contributed by atoms with E-state index in [9.17, 15) is 24.3 Å². The van der Waals surface area contributed by atoms with Crippen LogP contribution in [0.25, 0.3) is 0 Å². The van der Waals surface area contributed by atoms with Crippen LogP contribution in [0.3, 0.4) is 0 Å². The van der Waals surface area contributed by atoms with Crippen molar-refractivity contribution in [2.24, 2.45) is 29.6 Å². The van der Waals surface area contributed by atoms with E-state index in [0.29, 0.717) is 12.0 Å². The molecule has 3 unspecified atom stereocenters. The summed E-state index contributed by atoms with van der Waals surface area (Å²) in [5.74, 6) is -4.92. The van der Waals surface area contributed by atoms with Crippen LogP contribution in [0.4, 0.5) is 0 Å². The average Bonchev–Trinajstić information content (AvgIpc) is 3.59. The van der Waals surface area contributed by atoms with Crippen LogP contribution in [0.5, 0.6) is 0 Å². The van der Waals surface area contributed by atoms with Gasteiger partial charge in [-0.25, -0.2) is 14.4 Å². The van der Waals surface area contributed by atoms with E-state index in [0.717, 1.165) is 5.57 Å². The van der Waals surface area contributed by atoms with Gasteiger partial charge in [-0.15, -0.1) is 0 Å². The van der Waals surface area contributed by atoms with Crippen molar-refractivity contribution in [3.8, 4) is 0 Å². The summed E-state index contributed by atoms with van der Waals surface area (Å²) in [5, 5.41) is 14.1. The van der Waals surface area contributed by atoms with Crippen molar-refractivity contribution in [3.63, 3.8) is 0 Å². The number of likely N-dealkylation sites (N-methyl/N-ethyl adjacent to an activating group) is 1. The van der Waals surface area contributed by atoms with Crippen molar-refractivity contribution in [2.75, 3.05) is 14.2 Å². The van der Waals surface area contributed by atoms with Gasteiger partial charge in [0.25, 0.3) is 0 Å². The Morgan fingerprint density at radius 1 is 1.21 bits per heavy atom. The van der Waals surface area contributed by atoms with Crippen molar-refractivity contribution in [1.82, 2.24) is 5.32 Å². The second kappa shape index (κ2) is 12.0. The van der Waals surface area contributed by atoms with E-state index in [4.69, 9.17) is 23.7 Å². The Hall–Kier alpha value is -3.28. The lowest BCUT2D eigenvalue weighted by atomic mass is 9.57. The molecule has 2 fully saturated rings. The molecule has 2 aliphatic heterocycles. The number of allylic oxidation sites excluding steroid dienone is 3. The summed E-state index contributed by atoms with van der Waals surface area (Å²) in [5.41, 5.74) is 0.344. The molecule has 5 aliphatic rings. The molecule has 0 aromatic heterocycles. The number of esters is 3. The number of aliphatic hydroxyl groups excluding tert-OH is 1. The number of nitrogens with one attached hydrogen (secondary N) is 1. The Kier molecular flexibility index (Phi) is 8.70. The van der Waals surface area contributed by atoms with Crippen molar-refractivity contribution in [1.29, 1.82) is 0 Å². The lowest BCUT2D eigenvalue weighted by Gasteiger charge is -2.49. The van der Waals surface area contributed by atoms with Gasteiger partial charge in [0, 0.05) is 49.3 Å². The number of methoxy groups -OCH3 is 1. The van der Waals surface area contributed by atoms with Gasteiger partial charge < -0.3 is 34.1 Å². The van der Waals surface area contributed by atoms with Crippen molar-refractivity contribution in [3.05, 3.63) is 47.6 Å². The first kappa shape index (κ1) is 31.2. The molecule has 11 heteroatoms. The maximum Gasteiger partial charge on any atom is 0.397 e. The van der Waals surface area contributed by atoms with Crippen LogP contribution in [-0.4, -0.2) is 85.3 Å². The molecule has 0 aromatic carbocycles. The van der Waals surface area contributed by atoms with E-state index >= 15 is 0 Å². The molecular formula is C32H41NO10.